The zero-order valence-corrected chi connectivity index (χ0v) is 19.5. The second-order valence-corrected chi connectivity index (χ2v) is 9.28. The average Bonchev–Trinajstić information content (AvgIpc) is 3.41. The first-order chi connectivity index (χ1) is 12.4. The lowest BCUT2D eigenvalue weighted by Crippen LogP contribution is -2.42. The van der Waals surface area contributed by atoms with Gasteiger partial charge in [0, 0.05) is 24.4 Å². The highest BCUT2D eigenvalue weighted by atomic mass is 127. The van der Waals surface area contributed by atoms with Crippen molar-refractivity contribution in [2.75, 3.05) is 25.2 Å². The molecule has 6 nitrogen and oxygen atoms in total. The SMILES string of the molecule is CCNC(=NCc1ccccc1OCC1CC1)NC(C)CCS(C)(=O)=O.I. The molecule has 1 atom stereocenters. The molecule has 27 heavy (non-hydrogen) atoms. The van der Waals surface area contributed by atoms with Gasteiger partial charge >= 0.3 is 0 Å². The Kier molecular flexibility index (Phi) is 10.4. The van der Waals surface area contributed by atoms with Crippen LogP contribution >= 0.6 is 24.0 Å². The lowest BCUT2D eigenvalue weighted by Gasteiger charge is -2.18. The molecule has 0 aliphatic heterocycles. The lowest BCUT2D eigenvalue weighted by molar-refractivity contribution is 0.297. The van der Waals surface area contributed by atoms with Crippen LogP contribution in [-0.2, 0) is 16.4 Å². The first-order valence-corrected chi connectivity index (χ1v) is 11.4. The summed E-state index contributed by atoms with van der Waals surface area (Å²) in [5.41, 5.74) is 1.05. The third-order valence-electron chi connectivity index (χ3n) is 4.20. The number of ether oxygens (including phenoxy) is 1. The fourth-order valence-corrected chi connectivity index (χ4v) is 3.23. The Bertz CT molecular complexity index is 706. The predicted molar refractivity (Wildman–Crippen MR) is 122 cm³/mol. The van der Waals surface area contributed by atoms with Gasteiger partial charge < -0.3 is 15.4 Å². The van der Waals surface area contributed by atoms with Crippen molar-refractivity contribution in [1.82, 2.24) is 10.6 Å². The van der Waals surface area contributed by atoms with Gasteiger partial charge in [-0.05, 0) is 45.1 Å². The van der Waals surface area contributed by atoms with Crippen molar-refractivity contribution in [2.45, 2.75) is 45.7 Å². The van der Waals surface area contributed by atoms with Crippen LogP contribution < -0.4 is 15.4 Å². The number of nitrogens with zero attached hydrogens (tertiary/aromatic N) is 1. The third-order valence-corrected chi connectivity index (χ3v) is 5.18. The summed E-state index contributed by atoms with van der Waals surface area (Å²) >= 11 is 0. The number of guanidine groups is 1. The molecule has 0 bridgehead atoms. The molecular formula is C19H32IN3O3S. The topological polar surface area (TPSA) is 79.8 Å². The molecule has 1 saturated carbocycles. The molecule has 0 saturated heterocycles. The van der Waals surface area contributed by atoms with Crippen molar-refractivity contribution >= 4 is 39.8 Å². The standard InChI is InChI=1S/C19H31N3O3S.HI/c1-4-20-19(22-15(2)11-12-26(3,23)24)21-13-17-7-5-6-8-18(17)25-14-16-9-10-16;/h5-8,15-16H,4,9-14H2,1-3H3,(H2,20,21,22);1H. The van der Waals surface area contributed by atoms with Gasteiger partial charge in [0.2, 0.25) is 0 Å². The van der Waals surface area contributed by atoms with Crippen LogP contribution in [0.2, 0.25) is 0 Å². The van der Waals surface area contributed by atoms with Gasteiger partial charge in [0.25, 0.3) is 0 Å². The van der Waals surface area contributed by atoms with Crippen LogP contribution in [0.3, 0.4) is 0 Å². The van der Waals surface area contributed by atoms with Crippen LogP contribution in [0.15, 0.2) is 29.3 Å². The van der Waals surface area contributed by atoms with E-state index in [4.69, 9.17) is 4.74 Å². The minimum atomic E-state index is -2.95. The summed E-state index contributed by atoms with van der Waals surface area (Å²) in [4.78, 5) is 4.64. The molecule has 1 aliphatic rings. The third kappa shape index (κ3) is 10.2. The highest BCUT2D eigenvalue weighted by Crippen LogP contribution is 2.30. The maximum Gasteiger partial charge on any atom is 0.191 e. The van der Waals surface area contributed by atoms with Crippen molar-refractivity contribution in [1.29, 1.82) is 0 Å². The summed E-state index contributed by atoms with van der Waals surface area (Å²) in [6.07, 6.45) is 4.34. The largest absolute Gasteiger partial charge is 0.493 e. The van der Waals surface area contributed by atoms with Gasteiger partial charge in [-0.2, -0.15) is 0 Å². The minimum absolute atomic E-state index is 0. The molecule has 154 valence electrons. The monoisotopic (exact) mass is 509 g/mol. The van der Waals surface area contributed by atoms with Gasteiger partial charge in [0.1, 0.15) is 15.6 Å². The summed E-state index contributed by atoms with van der Waals surface area (Å²) in [7, 11) is -2.95. The van der Waals surface area contributed by atoms with E-state index in [1.807, 2.05) is 38.1 Å². The van der Waals surface area contributed by atoms with Gasteiger partial charge in [-0.15, -0.1) is 24.0 Å². The van der Waals surface area contributed by atoms with Crippen molar-refractivity contribution in [3.8, 4) is 5.75 Å². The molecule has 0 amide bonds. The summed E-state index contributed by atoms with van der Waals surface area (Å²) in [6, 6.07) is 8.00. The van der Waals surface area contributed by atoms with Gasteiger partial charge in [0.05, 0.1) is 18.9 Å². The molecule has 0 spiro atoms. The number of aliphatic imine (C=N–C) groups is 1. The second-order valence-electron chi connectivity index (χ2n) is 7.02. The zero-order valence-electron chi connectivity index (χ0n) is 16.4. The molecule has 1 unspecified atom stereocenters. The molecule has 8 heteroatoms. The number of nitrogens with one attached hydrogen (secondary N) is 2. The maximum absolute atomic E-state index is 11.3. The van der Waals surface area contributed by atoms with E-state index in [0.717, 1.165) is 24.5 Å². The maximum atomic E-state index is 11.3. The molecule has 2 N–H and O–H groups in total. The number of sulfone groups is 1. The molecule has 0 heterocycles. The number of rotatable bonds is 10. The Balaban J connectivity index is 0.00000364. The van der Waals surface area contributed by atoms with E-state index in [1.165, 1.54) is 19.1 Å². The highest BCUT2D eigenvalue weighted by molar-refractivity contribution is 14.0. The number of hydrogen-bond donors (Lipinski definition) is 2. The van der Waals surface area contributed by atoms with Crippen LogP contribution in [0, 0.1) is 5.92 Å². The smallest absolute Gasteiger partial charge is 0.191 e. The zero-order chi connectivity index (χ0) is 19.0. The van der Waals surface area contributed by atoms with Gasteiger partial charge in [-0.25, -0.2) is 13.4 Å². The van der Waals surface area contributed by atoms with E-state index in [0.29, 0.717) is 24.8 Å². The van der Waals surface area contributed by atoms with E-state index in [-0.39, 0.29) is 35.8 Å². The fraction of sp³-hybridized carbons (Fsp3) is 0.632. The lowest BCUT2D eigenvalue weighted by atomic mass is 10.2. The van der Waals surface area contributed by atoms with Crippen LogP contribution in [-0.4, -0.2) is 45.6 Å². The molecule has 2 rings (SSSR count). The van der Waals surface area contributed by atoms with Crippen LogP contribution in [0.25, 0.3) is 0 Å². The van der Waals surface area contributed by atoms with Crippen molar-refractivity contribution < 1.29 is 13.2 Å². The Labute approximate surface area is 180 Å². The normalized spacial score (nSPS) is 15.6. The summed E-state index contributed by atoms with van der Waals surface area (Å²) < 4.78 is 28.6. The summed E-state index contributed by atoms with van der Waals surface area (Å²) in [6.45, 7) is 6.00. The van der Waals surface area contributed by atoms with Crippen molar-refractivity contribution in [3.63, 3.8) is 0 Å². The van der Waals surface area contributed by atoms with E-state index < -0.39 is 9.84 Å². The quantitative estimate of drug-likeness (QED) is 0.288. The Hall–Kier alpha value is -1.03. The van der Waals surface area contributed by atoms with Crippen LogP contribution in [0.5, 0.6) is 5.75 Å². The number of halogens is 1. The number of hydrogen-bond acceptors (Lipinski definition) is 4. The Morgan fingerprint density at radius 1 is 1.33 bits per heavy atom. The van der Waals surface area contributed by atoms with Crippen LogP contribution in [0.1, 0.15) is 38.7 Å². The van der Waals surface area contributed by atoms with Crippen LogP contribution in [0.4, 0.5) is 0 Å². The molecule has 1 aromatic carbocycles. The minimum Gasteiger partial charge on any atom is -0.493 e. The summed E-state index contributed by atoms with van der Waals surface area (Å²) in [5, 5.41) is 6.48. The molecule has 1 fully saturated rings. The number of benzene rings is 1. The Morgan fingerprint density at radius 3 is 2.67 bits per heavy atom. The van der Waals surface area contributed by atoms with E-state index in [9.17, 15) is 8.42 Å². The highest BCUT2D eigenvalue weighted by Gasteiger charge is 2.22. The molecular weight excluding hydrogens is 477 g/mol. The van der Waals surface area contributed by atoms with Crippen molar-refractivity contribution in [3.05, 3.63) is 29.8 Å². The first kappa shape index (κ1) is 24.0. The van der Waals surface area contributed by atoms with E-state index >= 15 is 0 Å². The van der Waals surface area contributed by atoms with E-state index in [2.05, 4.69) is 15.6 Å². The molecule has 0 aromatic heterocycles. The molecule has 1 aliphatic carbocycles. The second kappa shape index (κ2) is 11.7. The fourth-order valence-electron chi connectivity index (χ4n) is 2.45. The molecule has 1 aromatic rings. The molecule has 0 radical (unpaired) electrons. The van der Waals surface area contributed by atoms with Gasteiger partial charge in [-0.1, -0.05) is 18.2 Å². The predicted octanol–water partition coefficient (Wildman–Crippen LogP) is 2.97. The number of para-hydroxylation sites is 1. The van der Waals surface area contributed by atoms with E-state index in [1.54, 1.807) is 0 Å². The summed E-state index contributed by atoms with van der Waals surface area (Å²) in [5.74, 6) is 2.45. The Morgan fingerprint density at radius 2 is 2.04 bits per heavy atom. The van der Waals surface area contributed by atoms with Crippen molar-refractivity contribution in [2.24, 2.45) is 10.9 Å². The van der Waals surface area contributed by atoms with Gasteiger partial charge in [-0.3, -0.25) is 0 Å². The van der Waals surface area contributed by atoms with Gasteiger partial charge in [0.15, 0.2) is 5.96 Å². The first-order valence-electron chi connectivity index (χ1n) is 9.30. The average molecular weight is 509 g/mol.